The van der Waals surface area contributed by atoms with Crippen molar-refractivity contribution in [3.63, 3.8) is 0 Å². The normalized spacial score (nSPS) is 12.5. The van der Waals surface area contributed by atoms with Crippen LogP contribution in [0.4, 0.5) is 0 Å². The van der Waals surface area contributed by atoms with Gasteiger partial charge >= 0.3 is 0 Å². The summed E-state index contributed by atoms with van der Waals surface area (Å²) in [5.74, 6) is 0.711. The number of benzene rings is 1. The maximum absolute atomic E-state index is 6.15. The van der Waals surface area contributed by atoms with E-state index in [1.165, 1.54) is 11.3 Å². The average molecular weight is 387 g/mol. The van der Waals surface area contributed by atoms with Crippen LogP contribution < -0.4 is 4.74 Å². The monoisotopic (exact) mass is 384 g/mol. The third-order valence-corrected chi connectivity index (χ3v) is 5.16. The first kappa shape index (κ1) is 14.5. The molecule has 1 unspecified atom stereocenters. The van der Waals surface area contributed by atoms with Gasteiger partial charge in [-0.1, -0.05) is 56.8 Å². The van der Waals surface area contributed by atoms with E-state index in [1.54, 1.807) is 13.2 Å². The SMILES string of the molecule is COc1cc(Cl)ccc1C(Br)c1cc(Cl)sc1Cl. The zero-order valence-electron chi connectivity index (χ0n) is 9.22. The molecule has 0 radical (unpaired) electrons. The van der Waals surface area contributed by atoms with Gasteiger partial charge in [-0.15, -0.1) is 11.3 Å². The topological polar surface area (TPSA) is 9.23 Å². The number of methoxy groups -OCH3 is 1. The van der Waals surface area contributed by atoms with E-state index in [-0.39, 0.29) is 4.83 Å². The molecular weight excluding hydrogens is 378 g/mol. The number of halogens is 4. The first-order valence-corrected chi connectivity index (χ1v) is 7.81. The molecule has 0 N–H and O–H groups in total. The number of hydrogen-bond acceptors (Lipinski definition) is 2. The van der Waals surface area contributed by atoms with Crippen LogP contribution in [0.5, 0.6) is 5.75 Å². The van der Waals surface area contributed by atoms with Gasteiger partial charge in [0, 0.05) is 16.1 Å². The van der Waals surface area contributed by atoms with Gasteiger partial charge < -0.3 is 4.74 Å². The average Bonchev–Trinajstić information content (AvgIpc) is 2.67. The van der Waals surface area contributed by atoms with Crippen molar-refractivity contribution in [2.45, 2.75) is 4.83 Å². The molecule has 0 aliphatic heterocycles. The molecule has 96 valence electrons. The molecule has 0 amide bonds. The van der Waals surface area contributed by atoms with E-state index in [4.69, 9.17) is 39.5 Å². The van der Waals surface area contributed by atoms with Crippen LogP contribution in [0, 0.1) is 0 Å². The lowest BCUT2D eigenvalue weighted by Crippen LogP contribution is -1.96. The molecule has 0 bridgehead atoms. The van der Waals surface area contributed by atoms with E-state index >= 15 is 0 Å². The van der Waals surface area contributed by atoms with Crippen LogP contribution in [-0.2, 0) is 0 Å². The molecule has 0 saturated heterocycles. The Morgan fingerprint density at radius 3 is 2.44 bits per heavy atom. The van der Waals surface area contributed by atoms with Crippen molar-refractivity contribution in [1.29, 1.82) is 0 Å². The molecule has 1 heterocycles. The van der Waals surface area contributed by atoms with Crippen molar-refractivity contribution < 1.29 is 4.74 Å². The molecule has 1 aromatic heterocycles. The summed E-state index contributed by atoms with van der Waals surface area (Å²) in [5, 5.41) is 0.629. The quantitative estimate of drug-likeness (QED) is 0.571. The molecule has 1 atom stereocenters. The minimum atomic E-state index is -0.0824. The second kappa shape index (κ2) is 6.02. The third kappa shape index (κ3) is 2.97. The zero-order valence-corrected chi connectivity index (χ0v) is 13.9. The summed E-state index contributed by atoms with van der Waals surface area (Å²) in [7, 11) is 1.61. The number of thiophene rings is 1. The van der Waals surface area contributed by atoms with E-state index in [1.807, 2.05) is 18.2 Å². The van der Waals surface area contributed by atoms with E-state index in [0.29, 0.717) is 19.4 Å². The van der Waals surface area contributed by atoms with Gasteiger partial charge in [0.1, 0.15) is 5.75 Å². The molecule has 0 fully saturated rings. The maximum atomic E-state index is 6.15. The van der Waals surface area contributed by atoms with Gasteiger partial charge in [0.25, 0.3) is 0 Å². The molecule has 6 heteroatoms. The van der Waals surface area contributed by atoms with Crippen molar-refractivity contribution in [3.05, 3.63) is 49.1 Å². The van der Waals surface area contributed by atoms with Crippen molar-refractivity contribution in [2.24, 2.45) is 0 Å². The highest BCUT2D eigenvalue weighted by Gasteiger charge is 2.20. The van der Waals surface area contributed by atoms with Crippen LogP contribution in [0.3, 0.4) is 0 Å². The van der Waals surface area contributed by atoms with Gasteiger partial charge in [-0.3, -0.25) is 0 Å². The van der Waals surface area contributed by atoms with Crippen molar-refractivity contribution in [3.8, 4) is 5.75 Å². The Balaban J connectivity index is 2.45. The fraction of sp³-hybridized carbons (Fsp3) is 0.167. The van der Waals surface area contributed by atoms with Gasteiger partial charge in [-0.05, 0) is 18.2 Å². The van der Waals surface area contributed by atoms with Gasteiger partial charge in [0.15, 0.2) is 0 Å². The lowest BCUT2D eigenvalue weighted by atomic mass is 10.1. The van der Waals surface area contributed by atoms with Crippen molar-refractivity contribution in [2.75, 3.05) is 7.11 Å². The fourth-order valence-corrected chi connectivity index (χ4v) is 4.30. The molecule has 0 saturated carbocycles. The molecule has 1 nitrogen and oxygen atoms in total. The molecule has 0 aliphatic rings. The van der Waals surface area contributed by atoms with Crippen molar-refractivity contribution in [1.82, 2.24) is 0 Å². The molecule has 2 aromatic rings. The summed E-state index contributed by atoms with van der Waals surface area (Å²) < 4.78 is 6.65. The van der Waals surface area contributed by atoms with Crippen LogP contribution in [0.1, 0.15) is 16.0 Å². The number of hydrogen-bond donors (Lipinski definition) is 0. The third-order valence-electron chi connectivity index (χ3n) is 2.42. The van der Waals surface area contributed by atoms with Crippen LogP contribution >= 0.6 is 62.1 Å². The van der Waals surface area contributed by atoms with Crippen molar-refractivity contribution >= 4 is 62.1 Å². The molecule has 2 rings (SSSR count). The Hall–Kier alpha value is 0.0700. The predicted octanol–water partition coefficient (Wildman–Crippen LogP) is 6.20. The van der Waals surface area contributed by atoms with E-state index < -0.39 is 0 Å². The van der Waals surface area contributed by atoms with E-state index in [9.17, 15) is 0 Å². The number of alkyl halides is 1. The minimum absolute atomic E-state index is 0.0824. The highest BCUT2D eigenvalue weighted by molar-refractivity contribution is 9.09. The van der Waals surface area contributed by atoms with Gasteiger partial charge in [0.05, 0.1) is 20.6 Å². The Morgan fingerprint density at radius 2 is 1.89 bits per heavy atom. The van der Waals surface area contributed by atoms with Crippen LogP contribution in [0.15, 0.2) is 24.3 Å². The first-order chi connectivity index (χ1) is 8.52. The molecule has 0 spiro atoms. The lowest BCUT2D eigenvalue weighted by Gasteiger charge is -2.14. The summed E-state index contributed by atoms with van der Waals surface area (Å²) in [4.78, 5) is -0.0824. The molecule has 1 aromatic carbocycles. The van der Waals surface area contributed by atoms with Gasteiger partial charge in [0.2, 0.25) is 0 Å². The highest BCUT2D eigenvalue weighted by atomic mass is 79.9. The summed E-state index contributed by atoms with van der Waals surface area (Å²) in [6.07, 6.45) is 0. The zero-order chi connectivity index (χ0) is 13.3. The predicted molar refractivity (Wildman–Crippen MR) is 83.1 cm³/mol. The summed E-state index contributed by atoms with van der Waals surface area (Å²) in [5.41, 5.74) is 1.88. The Bertz CT molecular complexity index is 570. The van der Waals surface area contributed by atoms with E-state index in [2.05, 4.69) is 15.9 Å². The van der Waals surface area contributed by atoms with Gasteiger partial charge in [-0.25, -0.2) is 0 Å². The summed E-state index contributed by atoms with van der Waals surface area (Å²) >= 11 is 23.0. The standard InChI is InChI=1S/C12H8BrCl3OS/c1-17-9-4-6(14)2-3-7(9)11(13)8-5-10(15)18-12(8)16/h2-5,11H,1H3. The fourth-order valence-electron chi connectivity index (χ4n) is 1.59. The second-order valence-electron chi connectivity index (χ2n) is 3.53. The number of rotatable bonds is 3. The molecule has 0 aliphatic carbocycles. The van der Waals surface area contributed by atoms with Gasteiger partial charge in [-0.2, -0.15) is 0 Å². The lowest BCUT2D eigenvalue weighted by molar-refractivity contribution is 0.410. The first-order valence-electron chi connectivity index (χ1n) is 4.95. The Kier molecular flexibility index (Phi) is 4.84. The molecular formula is C12H8BrCl3OS. The Morgan fingerprint density at radius 1 is 1.17 bits per heavy atom. The second-order valence-corrected chi connectivity index (χ2v) is 7.17. The summed E-state index contributed by atoms with van der Waals surface area (Å²) in [6.45, 7) is 0. The smallest absolute Gasteiger partial charge is 0.125 e. The molecule has 18 heavy (non-hydrogen) atoms. The minimum Gasteiger partial charge on any atom is -0.496 e. The van der Waals surface area contributed by atoms with Crippen LogP contribution in [0.2, 0.25) is 13.7 Å². The van der Waals surface area contributed by atoms with Crippen LogP contribution in [-0.4, -0.2) is 7.11 Å². The van der Waals surface area contributed by atoms with E-state index in [0.717, 1.165) is 11.1 Å². The highest BCUT2D eigenvalue weighted by Crippen LogP contribution is 2.44. The number of ether oxygens (including phenoxy) is 1. The largest absolute Gasteiger partial charge is 0.496 e. The van der Waals surface area contributed by atoms with Crippen LogP contribution in [0.25, 0.3) is 0 Å². The summed E-state index contributed by atoms with van der Waals surface area (Å²) in [6, 6.07) is 7.34. The Labute approximate surface area is 133 Å². The maximum Gasteiger partial charge on any atom is 0.125 e.